The number of fused-ring (bicyclic) bond motifs is 1. The molecule has 0 saturated heterocycles. The molecule has 0 aromatic heterocycles. The van der Waals surface area contributed by atoms with Gasteiger partial charge < -0.3 is 14.8 Å². The van der Waals surface area contributed by atoms with E-state index >= 15 is 0 Å². The van der Waals surface area contributed by atoms with E-state index in [0.29, 0.717) is 24.1 Å². The molecule has 1 aliphatic carbocycles. The Kier molecular flexibility index (Phi) is 5.59. The van der Waals surface area contributed by atoms with E-state index in [0.717, 1.165) is 12.0 Å². The van der Waals surface area contributed by atoms with Gasteiger partial charge in [-0.2, -0.15) is 0 Å². The van der Waals surface area contributed by atoms with Crippen LogP contribution >= 0.6 is 0 Å². The van der Waals surface area contributed by atoms with Gasteiger partial charge in [0.25, 0.3) is 0 Å². The molecule has 130 valence electrons. The Morgan fingerprint density at radius 3 is 2.75 bits per heavy atom. The predicted octanol–water partition coefficient (Wildman–Crippen LogP) is 3.57. The number of hydrogen-bond donors (Lipinski definition) is 1. The van der Waals surface area contributed by atoms with Crippen molar-refractivity contribution in [2.75, 3.05) is 13.2 Å². The Balaban J connectivity index is 1.85. The molecule has 0 heterocycles. The average Bonchev–Trinajstić information content (AvgIpc) is 2.87. The molecule has 0 atom stereocenters. The minimum Gasteiger partial charge on any atom is -0.489 e. The van der Waals surface area contributed by atoms with Gasteiger partial charge in [-0.05, 0) is 44.9 Å². The first-order chi connectivity index (χ1) is 11.3. The molecule has 1 aromatic carbocycles. The third-order valence-electron chi connectivity index (χ3n) is 3.44. The minimum absolute atomic E-state index is 0.0186. The molecule has 0 radical (unpaired) electrons. The van der Waals surface area contributed by atoms with E-state index in [4.69, 9.17) is 9.47 Å². The molecular weight excluding hydrogens is 313 g/mol. The molecule has 0 bridgehead atoms. The van der Waals surface area contributed by atoms with Crippen molar-refractivity contribution in [1.29, 1.82) is 0 Å². The van der Waals surface area contributed by atoms with Crippen molar-refractivity contribution in [2.24, 2.45) is 0 Å². The van der Waals surface area contributed by atoms with Crippen molar-refractivity contribution in [3.8, 4) is 5.75 Å². The molecule has 1 aromatic rings. The summed E-state index contributed by atoms with van der Waals surface area (Å²) in [5.41, 5.74) is 1.33. The highest BCUT2D eigenvalue weighted by Gasteiger charge is 2.20. The summed E-state index contributed by atoms with van der Waals surface area (Å²) in [6.45, 7) is 5.19. The molecule has 0 saturated carbocycles. The number of benzene rings is 1. The van der Waals surface area contributed by atoms with Crippen LogP contribution in [0.3, 0.4) is 0 Å². The number of carbonyl (C=O) groups excluding carboxylic acids is 2. The van der Waals surface area contributed by atoms with Crippen LogP contribution in [0.25, 0.3) is 0 Å². The predicted molar refractivity (Wildman–Crippen MR) is 88.0 cm³/mol. The fraction of sp³-hybridized carbons (Fsp3) is 0.444. The van der Waals surface area contributed by atoms with Gasteiger partial charge >= 0.3 is 6.09 Å². The quantitative estimate of drug-likeness (QED) is 0.893. The van der Waals surface area contributed by atoms with Gasteiger partial charge in [0.2, 0.25) is 0 Å². The maximum Gasteiger partial charge on any atom is 0.407 e. The third kappa shape index (κ3) is 5.08. The van der Waals surface area contributed by atoms with Crippen molar-refractivity contribution in [3.63, 3.8) is 0 Å². The second-order valence-electron chi connectivity index (χ2n) is 6.65. The number of aryl methyl sites for hydroxylation is 1. The van der Waals surface area contributed by atoms with Crippen LogP contribution < -0.4 is 10.1 Å². The normalized spacial score (nSPS) is 14.3. The molecule has 0 aliphatic heterocycles. The maximum absolute atomic E-state index is 12.9. The molecule has 5 nitrogen and oxygen atoms in total. The Morgan fingerprint density at radius 2 is 2.08 bits per heavy atom. The first kappa shape index (κ1) is 18.0. The highest BCUT2D eigenvalue weighted by atomic mass is 19.1. The van der Waals surface area contributed by atoms with Crippen LogP contribution in [0.4, 0.5) is 9.18 Å². The zero-order chi connectivity index (χ0) is 17.7. The van der Waals surface area contributed by atoms with Gasteiger partial charge in [0, 0.05) is 24.1 Å². The molecule has 0 unspecified atom stereocenters. The van der Waals surface area contributed by atoms with Crippen LogP contribution in [0.15, 0.2) is 30.1 Å². The monoisotopic (exact) mass is 335 g/mol. The lowest BCUT2D eigenvalue weighted by molar-refractivity contribution is 0.0531. The lowest BCUT2D eigenvalue weighted by Crippen LogP contribution is -2.34. The van der Waals surface area contributed by atoms with Crippen molar-refractivity contribution in [1.82, 2.24) is 5.32 Å². The fourth-order valence-corrected chi connectivity index (χ4v) is 2.30. The zero-order valence-corrected chi connectivity index (χ0v) is 14.1. The number of hydrogen-bond acceptors (Lipinski definition) is 4. The van der Waals surface area contributed by atoms with E-state index in [1.807, 2.05) is 6.07 Å². The van der Waals surface area contributed by atoms with Gasteiger partial charge in [0.15, 0.2) is 5.78 Å². The molecule has 0 spiro atoms. The minimum atomic E-state index is -0.620. The highest BCUT2D eigenvalue weighted by molar-refractivity contribution is 6.00. The Bertz CT molecular complexity index is 661. The lowest BCUT2D eigenvalue weighted by Gasteiger charge is -2.20. The van der Waals surface area contributed by atoms with Gasteiger partial charge in [0.1, 0.15) is 18.0 Å². The summed E-state index contributed by atoms with van der Waals surface area (Å²) >= 11 is 0. The fourth-order valence-electron chi connectivity index (χ4n) is 2.30. The van der Waals surface area contributed by atoms with E-state index in [1.54, 1.807) is 32.9 Å². The standard InChI is InChI=1S/C18H22FNO4/c1-18(2,3)24-17(22)20-10-12(9-19)11-23-14-6-4-13-5-7-16(21)15(13)8-14/h4,6,8-9H,5,7,10-11H2,1-3H3,(H,20,22). The lowest BCUT2D eigenvalue weighted by atomic mass is 10.1. The van der Waals surface area contributed by atoms with Crippen LogP contribution in [0, 0.1) is 0 Å². The van der Waals surface area contributed by atoms with E-state index < -0.39 is 11.7 Å². The van der Waals surface area contributed by atoms with Gasteiger partial charge in [0.05, 0.1) is 6.33 Å². The number of amides is 1. The number of halogens is 1. The number of Topliss-reactive ketones (excluding diaryl/α,β-unsaturated/α-hetero) is 1. The van der Waals surface area contributed by atoms with Crippen LogP contribution in [-0.4, -0.2) is 30.6 Å². The number of alkyl carbamates (subject to hydrolysis) is 1. The molecule has 1 aliphatic rings. The third-order valence-corrected chi connectivity index (χ3v) is 3.44. The van der Waals surface area contributed by atoms with Crippen LogP contribution in [-0.2, 0) is 11.2 Å². The zero-order valence-electron chi connectivity index (χ0n) is 14.1. The maximum atomic E-state index is 12.9. The topological polar surface area (TPSA) is 64.6 Å². The summed E-state index contributed by atoms with van der Waals surface area (Å²) in [4.78, 5) is 23.3. The number of ketones is 1. The van der Waals surface area contributed by atoms with Crippen LogP contribution in [0.5, 0.6) is 5.75 Å². The second kappa shape index (κ2) is 7.47. The smallest absolute Gasteiger partial charge is 0.407 e. The molecule has 2 rings (SSSR count). The summed E-state index contributed by atoms with van der Waals surface area (Å²) in [6, 6.07) is 5.30. The summed E-state index contributed by atoms with van der Waals surface area (Å²) in [6.07, 6.45) is 1.05. The molecule has 1 amide bonds. The number of nitrogens with one attached hydrogen (secondary N) is 1. The van der Waals surface area contributed by atoms with Gasteiger partial charge in [-0.15, -0.1) is 0 Å². The first-order valence-electron chi connectivity index (χ1n) is 7.82. The van der Waals surface area contributed by atoms with E-state index in [2.05, 4.69) is 5.32 Å². The Morgan fingerprint density at radius 1 is 1.33 bits per heavy atom. The molecule has 6 heteroatoms. The largest absolute Gasteiger partial charge is 0.489 e. The summed E-state index contributed by atoms with van der Waals surface area (Å²) < 4.78 is 23.5. The second-order valence-corrected chi connectivity index (χ2v) is 6.65. The Hall–Kier alpha value is -2.37. The first-order valence-corrected chi connectivity index (χ1v) is 7.82. The Labute approximate surface area is 140 Å². The van der Waals surface area contributed by atoms with Crippen molar-refractivity contribution >= 4 is 11.9 Å². The number of carbonyl (C=O) groups is 2. The SMILES string of the molecule is CC(C)(C)OC(=O)NCC(=CF)COc1ccc2c(c1)C(=O)CC2. The number of ether oxygens (including phenoxy) is 2. The summed E-state index contributed by atoms with van der Waals surface area (Å²) in [5, 5.41) is 2.47. The number of rotatable bonds is 5. The summed E-state index contributed by atoms with van der Waals surface area (Å²) in [7, 11) is 0. The molecule has 1 N–H and O–H groups in total. The van der Waals surface area contributed by atoms with E-state index in [-0.39, 0.29) is 24.5 Å². The van der Waals surface area contributed by atoms with Crippen molar-refractivity contribution < 1.29 is 23.5 Å². The van der Waals surface area contributed by atoms with Crippen LogP contribution in [0.2, 0.25) is 0 Å². The van der Waals surface area contributed by atoms with Gasteiger partial charge in [-0.1, -0.05) is 6.07 Å². The average molecular weight is 335 g/mol. The van der Waals surface area contributed by atoms with Gasteiger partial charge in [-0.25, -0.2) is 9.18 Å². The van der Waals surface area contributed by atoms with E-state index in [1.165, 1.54) is 0 Å². The summed E-state index contributed by atoms with van der Waals surface area (Å²) in [5.74, 6) is 0.601. The molecule has 24 heavy (non-hydrogen) atoms. The van der Waals surface area contributed by atoms with Crippen molar-refractivity contribution in [2.45, 2.75) is 39.2 Å². The van der Waals surface area contributed by atoms with E-state index in [9.17, 15) is 14.0 Å². The molecule has 0 fully saturated rings. The van der Waals surface area contributed by atoms with Crippen LogP contribution in [0.1, 0.15) is 43.1 Å². The molecular formula is C18H22FNO4. The van der Waals surface area contributed by atoms with Gasteiger partial charge in [-0.3, -0.25) is 4.79 Å². The highest BCUT2D eigenvalue weighted by Crippen LogP contribution is 2.26. The van der Waals surface area contributed by atoms with Crippen molar-refractivity contribution in [3.05, 3.63) is 41.2 Å².